The Hall–Kier alpha value is -2.30. The van der Waals surface area contributed by atoms with Crippen LogP contribution in [0.4, 0.5) is 10.5 Å². The Bertz CT molecular complexity index is 561. The van der Waals surface area contributed by atoms with E-state index in [1.807, 2.05) is 32.9 Å². The number of nitrogens with one attached hydrogen (secondary N) is 1. The van der Waals surface area contributed by atoms with E-state index in [4.69, 9.17) is 9.47 Å². The first-order chi connectivity index (χ1) is 10.7. The number of benzene rings is 1. The summed E-state index contributed by atoms with van der Waals surface area (Å²) in [7, 11) is 0. The number of carbonyl (C=O) groups is 2. The Kier molecular flexibility index (Phi) is 6.82. The Morgan fingerprint density at radius 1 is 1.22 bits per heavy atom. The number of anilines is 1. The number of amides is 1. The summed E-state index contributed by atoms with van der Waals surface area (Å²) in [5, 5.41) is 2.69. The molecule has 1 N–H and O–H groups in total. The van der Waals surface area contributed by atoms with E-state index in [0.29, 0.717) is 24.3 Å². The van der Waals surface area contributed by atoms with Crippen molar-refractivity contribution in [2.75, 3.05) is 11.9 Å². The third kappa shape index (κ3) is 7.00. The minimum atomic E-state index is -0.489. The van der Waals surface area contributed by atoms with Crippen molar-refractivity contribution in [2.45, 2.75) is 46.1 Å². The molecule has 1 aromatic rings. The van der Waals surface area contributed by atoms with E-state index in [1.54, 1.807) is 19.1 Å². The fourth-order valence-corrected chi connectivity index (χ4v) is 1.61. The van der Waals surface area contributed by atoms with Gasteiger partial charge < -0.3 is 9.47 Å². The Morgan fingerprint density at radius 3 is 2.35 bits per heavy atom. The monoisotopic (exact) mass is 319 g/mol. The molecule has 23 heavy (non-hydrogen) atoms. The summed E-state index contributed by atoms with van der Waals surface area (Å²) in [6.45, 7) is 11.1. The molecule has 5 nitrogen and oxygen atoms in total. The van der Waals surface area contributed by atoms with E-state index in [9.17, 15) is 9.59 Å². The van der Waals surface area contributed by atoms with Crippen molar-refractivity contribution >= 4 is 17.7 Å². The van der Waals surface area contributed by atoms with Gasteiger partial charge in [0.1, 0.15) is 5.60 Å². The van der Waals surface area contributed by atoms with Crippen molar-refractivity contribution in [3.63, 3.8) is 0 Å². The van der Waals surface area contributed by atoms with Gasteiger partial charge in [-0.2, -0.15) is 0 Å². The Labute approximate surface area is 137 Å². The average Bonchev–Trinajstić information content (AvgIpc) is 2.48. The van der Waals surface area contributed by atoms with Gasteiger partial charge in [0.2, 0.25) is 0 Å². The minimum absolute atomic E-state index is 0.297. The van der Waals surface area contributed by atoms with Crippen LogP contribution in [0.5, 0.6) is 0 Å². The second kappa shape index (κ2) is 8.36. The van der Waals surface area contributed by atoms with Gasteiger partial charge in [-0.15, -0.1) is 0 Å². The average molecular weight is 319 g/mol. The van der Waals surface area contributed by atoms with Crippen LogP contribution in [0.25, 0.3) is 0 Å². The topological polar surface area (TPSA) is 64.6 Å². The fourth-order valence-electron chi connectivity index (χ4n) is 1.61. The lowest BCUT2D eigenvalue weighted by Gasteiger charge is -2.23. The van der Waals surface area contributed by atoms with Crippen LogP contribution in [0, 0.1) is 0 Å². The number of ether oxygens (including phenoxy) is 2. The van der Waals surface area contributed by atoms with Crippen molar-refractivity contribution < 1.29 is 19.1 Å². The zero-order valence-corrected chi connectivity index (χ0v) is 14.3. The molecule has 0 aromatic heterocycles. The maximum absolute atomic E-state index is 11.8. The molecule has 0 aliphatic rings. The Balaban J connectivity index is 2.46. The van der Waals surface area contributed by atoms with E-state index >= 15 is 0 Å². The van der Waals surface area contributed by atoms with Gasteiger partial charge in [0.25, 0.3) is 0 Å². The summed E-state index contributed by atoms with van der Waals surface area (Å²) in [5.41, 5.74) is 1.56. The second-order valence-corrected chi connectivity index (χ2v) is 5.99. The van der Waals surface area contributed by atoms with Crippen LogP contribution in [0.3, 0.4) is 0 Å². The van der Waals surface area contributed by atoms with Gasteiger partial charge in [-0.05, 0) is 44.9 Å². The van der Waals surface area contributed by atoms with Crippen molar-refractivity contribution in [2.24, 2.45) is 0 Å². The highest BCUT2D eigenvalue weighted by molar-refractivity contribution is 5.87. The molecule has 1 amide bonds. The van der Waals surface area contributed by atoms with Gasteiger partial charge in [-0.25, -0.2) is 9.59 Å². The molecule has 0 aliphatic heterocycles. The van der Waals surface area contributed by atoms with Gasteiger partial charge >= 0.3 is 12.1 Å². The second-order valence-electron chi connectivity index (χ2n) is 5.99. The van der Waals surface area contributed by atoms with Crippen LogP contribution >= 0.6 is 0 Å². The van der Waals surface area contributed by atoms with Gasteiger partial charge in [0.15, 0.2) is 0 Å². The summed E-state index contributed by atoms with van der Waals surface area (Å²) >= 11 is 0. The summed E-state index contributed by atoms with van der Waals surface area (Å²) in [6, 6.07) is 7.32. The standard InChI is InChI=1S/C18H25NO4/c1-6-18(4,5)23-17(21)19-15-9-7-14(8-10-15)11-12-22-16(20)13(2)3/h7-10H,2,6,11-12H2,1,3-5H3,(H,19,21). The molecule has 126 valence electrons. The van der Waals surface area contributed by atoms with E-state index in [-0.39, 0.29) is 5.97 Å². The van der Waals surface area contributed by atoms with E-state index in [2.05, 4.69) is 11.9 Å². The quantitative estimate of drug-likeness (QED) is 0.607. The predicted molar refractivity (Wildman–Crippen MR) is 90.4 cm³/mol. The number of carbonyl (C=O) groups excluding carboxylic acids is 2. The van der Waals surface area contributed by atoms with Crippen LogP contribution < -0.4 is 5.32 Å². The number of esters is 1. The SMILES string of the molecule is C=C(C)C(=O)OCCc1ccc(NC(=O)OC(C)(C)CC)cc1. The van der Waals surface area contributed by atoms with Crippen LogP contribution in [0.2, 0.25) is 0 Å². The first-order valence-corrected chi connectivity index (χ1v) is 7.65. The van der Waals surface area contributed by atoms with Gasteiger partial charge in [0, 0.05) is 17.7 Å². The summed E-state index contributed by atoms with van der Waals surface area (Å²) in [5.74, 6) is -0.385. The molecule has 5 heteroatoms. The predicted octanol–water partition coefficient (Wildman–Crippen LogP) is 4.09. The van der Waals surface area contributed by atoms with Crippen LogP contribution in [-0.2, 0) is 20.7 Å². The zero-order valence-electron chi connectivity index (χ0n) is 14.3. The molecular weight excluding hydrogens is 294 g/mol. The maximum Gasteiger partial charge on any atom is 0.412 e. The summed E-state index contributed by atoms with van der Waals surface area (Å²) in [4.78, 5) is 23.0. The molecule has 0 fully saturated rings. The highest BCUT2D eigenvalue weighted by Gasteiger charge is 2.20. The zero-order chi connectivity index (χ0) is 17.5. The first-order valence-electron chi connectivity index (χ1n) is 7.65. The number of rotatable bonds is 7. The molecule has 1 aromatic carbocycles. The fraction of sp³-hybridized carbons (Fsp3) is 0.444. The van der Waals surface area contributed by atoms with Gasteiger partial charge in [0.05, 0.1) is 6.61 Å². The summed E-state index contributed by atoms with van der Waals surface area (Å²) in [6.07, 6.45) is 0.870. The highest BCUT2D eigenvalue weighted by Crippen LogP contribution is 2.16. The lowest BCUT2D eigenvalue weighted by Crippen LogP contribution is -2.29. The van der Waals surface area contributed by atoms with Gasteiger partial charge in [-0.3, -0.25) is 5.32 Å². The smallest absolute Gasteiger partial charge is 0.412 e. The molecule has 0 heterocycles. The largest absolute Gasteiger partial charge is 0.462 e. The first kappa shape index (κ1) is 18.7. The third-order valence-corrected chi connectivity index (χ3v) is 3.39. The highest BCUT2D eigenvalue weighted by atomic mass is 16.6. The minimum Gasteiger partial charge on any atom is -0.462 e. The van der Waals surface area contributed by atoms with Crippen molar-refractivity contribution in [1.29, 1.82) is 0 Å². The lowest BCUT2D eigenvalue weighted by atomic mass is 10.1. The number of hydrogen-bond acceptors (Lipinski definition) is 4. The van der Waals surface area contributed by atoms with E-state index in [1.165, 1.54) is 0 Å². The maximum atomic E-state index is 11.8. The number of hydrogen-bond donors (Lipinski definition) is 1. The molecule has 0 aliphatic carbocycles. The van der Waals surface area contributed by atoms with Crippen LogP contribution in [-0.4, -0.2) is 24.3 Å². The molecule has 0 radical (unpaired) electrons. The molecule has 1 rings (SSSR count). The molecule has 0 atom stereocenters. The molecular formula is C18H25NO4. The van der Waals surface area contributed by atoms with Crippen molar-refractivity contribution in [1.82, 2.24) is 0 Å². The molecule has 0 saturated carbocycles. The van der Waals surface area contributed by atoms with E-state index < -0.39 is 11.7 Å². The molecule has 0 saturated heterocycles. The molecule has 0 bridgehead atoms. The van der Waals surface area contributed by atoms with Crippen molar-refractivity contribution in [3.05, 3.63) is 42.0 Å². The molecule has 0 spiro atoms. The normalized spacial score (nSPS) is 10.8. The van der Waals surface area contributed by atoms with E-state index in [0.717, 1.165) is 12.0 Å². The van der Waals surface area contributed by atoms with Crippen LogP contribution in [0.15, 0.2) is 36.4 Å². The summed E-state index contributed by atoms with van der Waals surface area (Å²) < 4.78 is 10.4. The Morgan fingerprint density at radius 2 is 1.83 bits per heavy atom. The van der Waals surface area contributed by atoms with Crippen molar-refractivity contribution in [3.8, 4) is 0 Å². The van der Waals surface area contributed by atoms with Crippen LogP contribution in [0.1, 0.15) is 39.7 Å². The lowest BCUT2D eigenvalue weighted by molar-refractivity contribution is -0.138. The van der Waals surface area contributed by atoms with Gasteiger partial charge in [-0.1, -0.05) is 25.6 Å². The third-order valence-electron chi connectivity index (χ3n) is 3.39. The molecule has 0 unspecified atom stereocenters.